The van der Waals surface area contributed by atoms with E-state index in [0.29, 0.717) is 5.76 Å². The molecule has 0 unspecified atom stereocenters. The molecule has 1 aromatic rings. The first-order chi connectivity index (χ1) is 8.25. The predicted octanol–water partition coefficient (Wildman–Crippen LogP) is 2.27. The predicted molar refractivity (Wildman–Crippen MR) is 64.2 cm³/mol. The molecular formula is C13H18O4. The fourth-order valence-electron chi connectivity index (χ4n) is 1.69. The Morgan fingerprint density at radius 3 is 2.00 bits per heavy atom. The molecule has 1 rings (SSSR count). The third kappa shape index (κ3) is 2.60. The van der Waals surface area contributed by atoms with Crippen LogP contribution in [0.5, 0.6) is 0 Å². The summed E-state index contributed by atoms with van der Waals surface area (Å²) in [6, 6.07) is 9.53. The van der Waals surface area contributed by atoms with Crippen molar-refractivity contribution in [2.45, 2.75) is 5.79 Å². The molecule has 17 heavy (non-hydrogen) atoms. The van der Waals surface area contributed by atoms with Gasteiger partial charge in [0.1, 0.15) is 6.26 Å². The van der Waals surface area contributed by atoms with Crippen LogP contribution in [0.15, 0.2) is 42.4 Å². The van der Waals surface area contributed by atoms with E-state index in [-0.39, 0.29) is 0 Å². The lowest BCUT2D eigenvalue weighted by molar-refractivity contribution is -0.210. The van der Waals surface area contributed by atoms with Gasteiger partial charge in [0.2, 0.25) is 0 Å². The van der Waals surface area contributed by atoms with E-state index >= 15 is 0 Å². The zero-order valence-electron chi connectivity index (χ0n) is 10.6. The maximum Gasteiger partial charge on any atom is 0.257 e. The lowest BCUT2D eigenvalue weighted by Gasteiger charge is -2.31. The summed E-state index contributed by atoms with van der Waals surface area (Å²) in [4.78, 5) is 0. The van der Waals surface area contributed by atoms with Crippen LogP contribution in [-0.2, 0) is 24.7 Å². The van der Waals surface area contributed by atoms with Crippen LogP contribution in [0.3, 0.4) is 0 Å². The monoisotopic (exact) mass is 238 g/mol. The highest BCUT2D eigenvalue weighted by molar-refractivity contribution is 5.27. The van der Waals surface area contributed by atoms with Crippen LogP contribution in [0.2, 0.25) is 0 Å². The standard InChI is InChI=1S/C13H18O4/c1-14-10-12(15-2)13(16-3,17-4)11-8-6-5-7-9-11/h5-10H,1-4H3/b12-10-. The number of ether oxygens (including phenoxy) is 4. The van der Waals surface area contributed by atoms with Crippen LogP contribution < -0.4 is 0 Å². The van der Waals surface area contributed by atoms with Gasteiger partial charge in [-0.05, 0) is 0 Å². The number of methoxy groups -OCH3 is 4. The van der Waals surface area contributed by atoms with E-state index in [1.807, 2.05) is 30.3 Å². The molecule has 0 aromatic heterocycles. The molecule has 0 radical (unpaired) electrons. The first-order valence-electron chi connectivity index (χ1n) is 5.18. The maximum absolute atomic E-state index is 5.48. The van der Waals surface area contributed by atoms with Crippen molar-refractivity contribution in [3.05, 3.63) is 47.9 Å². The molecule has 0 atom stereocenters. The third-order valence-electron chi connectivity index (χ3n) is 2.50. The van der Waals surface area contributed by atoms with Crippen molar-refractivity contribution in [2.75, 3.05) is 28.4 Å². The molecule has 4 nitrogen and oxygen atoms in total. The van der Waals surface area contributed by atoms with Gasteiger partial charge < -0.3 is 18.9 Å². The van der Waals surface area contributed by atoms with Crippen LogP contribution in [-0.4, -0.2) is 28.4 Å². The topological polar surface area (TPSA) is 36.9 Å². The van der Waals surface area contributed by atoms with Gasteiger partial charge in [-0.1, -0.05) is 30.3 Å². The summed E-state index contributed by atoms with van der Waals surface area (Å²) < 4.78 is 21.2. The molecule has 4 heteroatoms. The lowest BCUT2D eigenvalue weighted by Crippen LogP contribution is -2.34. The summed E-state index contributed by atoms with van der Waals surface area (Å²) in [6.07, 6.45) is 1.46. The molecule has 94 valence electrons. The van der Waals surface area contributed by atoms with Crippen molar-refractivity contribution in [1.29, 1.82) is 0 Å². The smallest absolute Gasteiger partial charge is 0.257 e. The van der Waals surface area contributed by atoms with Crippen molar-refractivity contribution in [2.24, 2.45) is 0 Å². The van der Waals surface area contributed by atoms with E-state index in [9.17, 15) is 0 Å². The minimum Gasteiger partial charge on any atom is -0.501 e. The van der Waals surface area contributed by atoms with Gasteiger partial charge in [0.15, 0.2) is 5.76 Å². The molecule has 0 saturated heterocycles. The molecule has 0 amide bonds. The maximum atomic E-state index is 5.48. The van der Waals surface area contributed by atoms with Gasteiger partial charge in [0.05, 0.1) is 14.2 Å². The fourth-order valence-corrected chi connectivity index (χ4v) is 1.69. The molecule has 0 heterocycles. The second-order valence-electron chi connectivity index (χ2n) is 3.31. The Labute approximate surface area is 102 Å². The number of hydrogen-bond donors (Lipinski definition) is 0. The first kappa shape index (κ1) is 13.5. The average Bonchev–Trinajstić information content (AvgIpc) is 2.40. The van der Waals surface area contributed by atoms with Crippen LogP contribution in [0.4, 0.5) is 0 Å². The number of hydrogen-bond acceptors (Lipinski definition) is 4. The number of rotatable bonds is 6. The van der Waals surface area contributed by atoms with Gasteiger partial charge >= 0.3 is 0 Å². The van der Waals surface area contributed by atoms with E-state index in [1.54, 1.807) is 28.4 Å². The van der Waals surface area contributed by atoms with Gasteiger partial charge in [-0.3, -0.25) is 0 Å². The average molecular weight is 238 g/mol. The summed E-state index contributed by atoms with van der Waals surface area (Å²) in [5, 5.41) is 0. The quantitative estimate of drug-likeness (QED) is 0.562. The van der Waals surface area contributed by atoms with Gasteiger partial charge in [0, 0.05) is 19.8 Å². The summed E-state index contributed by atoms with van der Waals surface area (Å²) >= 11 is 0. The van der Waals surface area contributed by atoms with Crippen LogP contribution in [0.25, 0.3) is 0 Å². The van der Waals surface area contributed by atoms with E-state index < -0.39 is 5.79 Å². The largest absolute Gasteiger partial charge is 0.501 e. The third-order valence-corrected chi connectivity index (χ3v) is 2.50. The highest BCUT2D eigenvalue weighted by atomic mass is 16.7. The van der Waals surface area contributed by atoms with Crippen molar-refractivity contribution in [3.63, 3.8) is 0 Å². The Morgan fingerprint density at radius 1 is 1.00 bits per heavy atom. The minimum absolute atomic E-state index is 0.441. The van der Waals surface area contributed by atoms with Gasteiger partial charge in [-0.25, -0.2) is 0 Å². The Kier molecular flexibility index (Phi) is 5.00. The summed E-state index contributed by atoms with van der Waals surface area (Å²) in [7, 11) is 6.19. The Morgan fingerprint density at radius 2 is 1.59 bits per heavy atom. The van der Waals surface area contributed by atoms with Gasteiger partial charge in [-0.2, -0.15) is 0 Å². The molecule has 0 aliphatic carbocycles. The Balaban J connectivity index is 3.26. The molecular weight excluding hydrogens is 220 g/mol. The van der Waals surface area contributed by atoms with E-state index in [1.165, 1.54) is 6.26 Å². The number of benzene rings is 1. The fraction of sp³-hybridized carbons (Fsp3) is 0.385. The zero-order valence-corrected chi connectivity index (χ0v) is 10.6. The molecule has 0 spiro atoms. The van der Waals surface area contributed by atoms with Gasteiger partial charge in [-0.15, -0.1) is 0 Å². The van der Waals surface area contributed by atoms with Crippen LogP contribution in [0, 0.1) is 0 Å². The van der Waals surface area contributed by atoms with Crippen LogP contribution in [0.1, 0.15) is 5.56 Å². The normalized spacial score (nSPS) is 12.4. The highest BCUT2D eigenvalue weighted by Gasteiger charge is 2.38. The summed E-state index contributed by atoms with van der Waals surface area (Å²) in [6.45, 7) is 0. The minimum atomic E-state index is -1.09. The Hall–Kier alpha value is -1.52. The Bertz CT molecular complexity index is 355. The summed E-state index contributed by atoms with van der Waals surface area (Å²) in [5.41, 5.74) is 0.829. The SMILES string of the molecule is CO/C=C(\OC)C(OC)(OC)c1ccccc1. The molecule has 1 aromatic carbocycles. The molecule has 0 saturated carbocycles. The molecule has 0 N–H and O–H groups in total. The second kappa shape index (κ2) is 6.27. The molecule has 0 aliphatic heterocycles. The van der Waals surface area contributed by atoms with E-state index in [2.05, 4.69) is 0 Å². The van der Waals surface area contributed by atoms with E-state index in [4.69, 9.17) is 18.9 Å². The van der Waals surface area contributed by atoms with Crippen molar-refractivity contribution in [1.82, 2.24) is 0 Å². The first-order valence-corrected chi connectivity index (χ1v) is 5.18. The van der Waals surface area contributed by atoms with Crippen molar-refractivity contribution < 1.29 is 18.9 Å². The van der Waals surface area contributed by atoms with Crippen molar-refractivity contribution in [3.8, 4) is 0 Å². The van der Waals surface area contributed by atoms with E-state index in [0.717, 1.165) is 5.56 Å². The highest BCUT2D eigenvalue weighted by Crippen LogP contribution is 2.34. The van der Waals surface area contributed by atoms with Crippen LogP contribution >= 0.6 is 0 Å². The molecule has 0 bridgehead atoms. The zero-order chi connectivity index (χ0) is 12.7. The van der Waals surface area contributed by atoms with Gasteiger partial charge in [0.25, 0.3) is 5.79 Å². The second-order valence-corrected chi connectivity index (χ2v) is 3.31. The molecule has 0 fully saturated rings. The van der Waals surface area contributed by atoms with Crippen molar-refractivity contribution >= 4 is 0 Å². The molecule has 0 aliphatic rings. The lowest BCUT2D eigenvalue weighted by atomic mass is 10.0. The summed E-state index contributed by atoms with van der Waals surface area (Å²) in [5.74, 6) is -0.650.